The molecule has 1 aromatic rings. The molecule has 1 aliphatic carbocycles. The van der Waals surface area contributed by atoms with Gasteiger partial charge >= 0.3 is 5.97 Å². The van der Waals surface area contributed by atoms with Gasteiger partial charge in [0.1, 0.15) is 11.4 Å². The first-order chi connectivity index (χ1) is 9.41. The minimum atomic E-state index is -1.19. The van der Waals surface area contributed by atoms with E-state index in [2.05, 4.69) is 6.92 Å². The van der Waals surface area contributed by atoms with E-state index < -0.39 is 11.8 Å². The zero-order valence-corrected chi connectivity index (χ0v) is 11.9. The van der Waals surface area contributed by atoms with Gasteiger partial charge in [-0.1, -0.05) is 19.8 Å². The minimum Gasteiger partial charge on any atom is -0.478 e. The summed E-state index contributed by atoms with van der Waals surface area (Å²) in [5.41, 5.74) is 5.67. The molecular weight excluding hydrogens is 259 g/mol. The first kappa shape index (κ1) is 14.6. The summed E-state index contributed by atoms with van der Waals surface area (Å²) in [6.45, 7) is 2.21. The van der Waals surface area contributed by atoms with Crippen LogP contribution in [0.5, 0.6) is 0 Å². The summed E-state index contributed by atoms with van der Waals surface area (Å²) in [6, 6.07) is 3.02. The van der Waals surface area contributed by atoms with Crippen molar-refractivity contribution in [2.24, 2.45) is 5.92 Å². The molecule has 4 nitrogen and oxygen atoms in total. The number of benzene rings is 1. The van der Waals surface area contributed by atoms with Gasteiger partial charge in [0.05, 0.1) is 11.4 Å². The lowest BCUT2D eigenvalue weighted by Gasteiger charge is -2.36. The standard InChI is InChI=1S/C15H21FN2O2/c1-9-4-3-5-10(8-9)18(2)12-7-6-11(16)14(17)13(12)15(19)20/h6-7,9-10H,3-5,8,17H2,1-2H3,(H,19,20). The number of carboxylic acid groups (broad SMARTS) is 1. The number of carboxylic acids is 1. The molecule has 1 fully saturated rings. The van der Waals surface area contributed by atoms with Gasteiger partial charge in [0.25, 0.3) is 0 Å². The summed E-state index contributed by atoms with van der Waals surface area (Å²) < 4.78 is 13.5. The summed E-state index contributed by atoms with van der Waals surface area (Å²) in [5.74, 6) is -1.24. The number of nitrogen functional groups attached to an aromatic ring is 1. The molecule has 0 amide bonds. The maximum Gasteiger partial charge on any atom is 0.340 e. The smallest absolute Gasteiger partial charge is 0.340 e. The third-order valence-electron chi connectivity index (χ3n) is 4.22. The Bertz CT molecular complexity index is 519. The lowest BCUT2D eigenvalue weighted by atomic mass is 9.86. The topological polar surface area (TPSA) is 66.6 Å². The van der Waals surface area contributed by atoms with E-state index in [0.717, 1.165) is 19.3 Å². The Morgan fingerprint density at radius 1 is 1.45 bits per heavy atom. The largest absolute Gasteiger partial charge is 0.478 e. The zero-order valence-electron chi connectivity index (χ0n) is 11.9. The van der Waals surface area contributed by atoms with E-state index in [9.17, 15) is 14.3 Å². The third-order valence-corrected chi connectivity index (χ3v) is 4.22. The molecule has 1 aromatic carbocycles. The van der Waals surface area contributed by atoms with Gasteiger partial charge in [-0.3, -0.25) is 0 Å². The van der Waals surface area contributed by atoms with E-state index in [-0.39, 0.29) is 17.3 Å². The van der Waals surface area contributed by atoms with Gasteiger partial charge in [0.15, 0.2) is 0 Å². The highest BCUT2D eigenvalue weighted by atomic mass is 19.1. The number of carbonyl (C=O) groups is 1. The molecule has 1 saturated carbocycles. The average molecular weight is 280 g/mol. The summed E-state index contributed by atoms with van der Waals surface area (Å²) in [7, 11) is 1.86. The van der Waals surface area contributed by atoms with Crippen LogP contribution in [0.1, 0.15) is 43.0 Å². The molecule has 0 aliphatic heterocycles. The molecule has 20 heavy (non-hydrogen) atoms. The van der Waals surface area contributed by atoms with Crippen LogP contribution >= 0.6 is 0 Å². The van der Waals surface area contributed by atoms with E-state index >= 15 is 0 Å². The SMILES string of the molecule is CC1CCCC(N(C)c2ccc(F)c(N)c2C(=O)O)C1. The van der Waals surface area contributed by atoms with Crippen molar-refractivity contribution >= 4 is 17.3 Å². The molecule has 1 aliphatic rings. The highest BCUT2D eigenvalue weighted by Crippen LogP contribution is 2.33. The molecule has 0 heterocycles. The van der Waals surface area contributed by atoms with E-state index in [1.807, 2.05) is 11.9 Å². The van der Waals surface area contributed by atoms with Gasteiger partial charge in [-0.25, -0.2) is 9.18 Å². The summed E-state index contributed by atoms with van der Waals surface area (Å²) >= 11 is 0. The fourth-order valence-electron chi connectivity index (χ4n) is 3.05. The summed E-state index contributed by atoms with van der Waals surface area (Å²) in [5, 5.41) is 9.30. The number of nitrogens with two attached hydrogens (primary N) is 1. The first-order valence-electron chi connectivity index (χ1n) is 6.96. The molecule has 2 rings (SSSR count). The monoisotopic (exact) mass is 280 g/mol. The van der Waals surface area contributed by atoms with Crippen molar-refractivity contribution in [2.45, 2.75) is 38.6 Å². The van der Waals surface area contributed by atoms with Crippen molar-refractivity contribution in [1.82, 2.24) is 0 Å². The molecule has 0 bridgehead atoms. The van der Waals surface area contributed by atoms with E-state index in [1.54, 1.807) is 0 Å². The predicted molar refractivity (Wildman–Crippen MR) is 77.6 cm³/mol. The number of nitrogens with zero attached hydrogens (tertiary/aromatic N) is 1. The second kappa shape index (κ2) is 5.69. The molecule has 2 unspecified atom stereocenters. The van der Waals surface area contributed by atoms with E-state index in [0.29, 0.717) is 11.6 Å². The van der Waals surface area contributed by atoms with Crippen LogP contribution in [0.2, 0.25) is 0 Å². The Morgan fingerprint density at radius 3 is 2.75 bits per heavy atom. The van der Waals surface area contributed by atoms with Gasteiger partial charge in [-0.15, -0.1) is 0 Å². The second-order valence-electron chi connectivity index (χ2n) is 5.70. The van der Waals surface area contributed by atoms with Crippen LogP contribution in [0.25, 0.3) is 0 Å². The number of rotatable bonds is 3. The molecule has 2 atom stereocenters. The van der Waals surface area contributed by atoms with Crippen LogP contribution in [0, 0.1) is 11.7 Å². The van der Waals surface area contributed by atoms with Gasteiger partial charge in [0, 0.05) is 13.1 Å². The van der Waals surface area contributed by atoms with Gasteiger partial charge < -0.3 is 15.7 Å². The Morgan fingerprint density at radius 2 is 2.15 bits per heavy atom. The lowest BCUT2D eigenvalue weighted by molar-refractivity contribution is 0.0698. The van der Waals surface area contributed by atoms with Crippen LogP contribution < -0.4 is 10.6 Å². The van der Waals surface area contributed by atoms with Gasteiger partial charge in [0.2, 0.25) is 0 Å². The Hall–Kier alpha value is -1.78. The Kier molecular flexibility index (Phi) is 4.16. The molecule has 0 aromatic heterocycles. The highest BCUT2D eigenvalue weighted by molar-refractivity contribution is 6.00. The molecule has 0 radical (unpaired) electrons. The molecule has 110 valence electrons. The minimum absolute atomic E-state index is 0.134. The van der Waals surface area contributed by atoms with Crippen molar-refractivity contribution in [3.05, 3.63) is 23.5 Å². The van der Waals surface area contributed by atoms with Crippen LogP contribution in [0.3, 0.4) is 0 Å². The summed E-state index contributed by atoms with van der Waals surface area (Å²) in [6.07, 6.45) is 4.39. The van der Waals surface area contributed by atoms with Crippen molar-refractivity contribution in [2.75, 3.05) is 17.7 Å². The zero-order chi connectivity index (χ0) is 14.9. The van der Waals surface area contributed by atoms with Gasteiger partial charge in [-0.2, -0.15) is 0 Å². The van der Waals surface area contributed by atoms with Crippen molar-refractivity contribution in [3.63, 3.8) is 0 Å². The van der Waals surface area contributed by atoms with Crippen LogP contribution in [0.15, 0.2) is 12.1 Å². The average Bonchev–Trinajstić information content (AvgIpc) is 2.40. The first-order valence-corrected chi connectivity index (χ1v) is 6.96. The predicted octanol–water partition coefficient (Wildman–Crippen LogP) is 3.12. The second-order valence-corrected chi connectivity index (χ2v) is 5.70. The van der Waals surface area contributed by atoms with Crippen LogP contribution in [-0.2, 0) is 0 Å². The number of hydrogen-bond donors (Lipinski definition) is 2. The van der Waals surface area contributed by atoms with Crippen molar-refractivity contribution in [3.8, 4) is 0 Å². The lowest BCUT2D eigenvalue weighted by Crippen LogP contribution is -2.36. The van der Waals surface area contributed by atoms with Gasteiger partial charge in [-0.05, 0) is 30.9 Å². The maximum atomic E-state index is 13.5. The number of anilines is 2. The summed E-state index contributed by atoms with van der Waals surface area (Å²) in [4.78, 5) is 13.3. The van der Waals surface area contributed by atoms with Crippen molar-refractivity contribution < 1.29 is 14.3 Å². The molecule has 5 heteroatoms. The maximum absolute atomic E-state index is 13.5. The molecule has 0 saturated heterocycles. The van der Waals surface area contributed by atoms with Crippen LogP contribution in [0.4, 0.5) is 15.8 Å². The highest BCUT2D eigenvalue weighted by Gasteiger charge is 2.27. The number of halogens is 1. The quantitative estimate of drug-likeness (QED) is 0.835. The fourth-order valence-corrected chi connectivity index (χ4v) is 3.05. The normalized spacial score (nSPS) is 22.6. The number of aromatic carboxylic acids is 1. The van der Waals surface area contributed by atoms with E-state index in [4.69, 9.17) is 5.73 Å². The molecule has 3 N–H and O–H groups in total. The number of hydrogen-bond acceptors (Lipinski definition) is 3. The van der Waals surface area contributed by atoms with Crippen molar-refractivity contribution in [1.29, 1.82) is 0 Å². The molecular formula is C15H21FN2O2. The fraction of sp³-hybridized carbons (Fsp3) is 0.533. The third kappa shape index (κ3) is 2.71. The Balaban J connectivity index is 2.36. The van der Waals surface area contributed by atoms with E-state index in [1.165, 1.54) is 18.6 Å². The Labute approximate surface area is 118 Å². The van der Waals surface area contributed by atoms with Crippen LogP contribution in [-0.4, -0.2) is 24.2 Å². The molecule has 0 spiro atoms.